The van der Waals surface area contributed by atoms with Gasteiger partial charge >= 0.3 is 7.32 Å². The fraction of sp³-hybridized carbons (Fsp3) is 0.455. The zero-order valence-corrected chi connectivity index (χ0v) is 10.1. The predicted molar refractivity (Wildman–Crippen MR) is 63.8 cm³/mol. The van der Waals surface area contributed by atoms with Crippen molar-refractivity contribution in [2.24, 2.45) is 0 Å². The van der Waals surface area contributed by atoms with E-state index in [0.717, 1.165) is 12.5 Å². The summed E-state index contributed by atoms with van der Waals surface area (Å²) in [5.74, 6) is -0.651. The van der Waals surface area contributed by atoms with Gasteiger partial charge in [-0.25, -0.2) is 4.39 Å². The third kappa shape index (κ3) is 5.35. The van der Waals surface area contributed by atoms with E-state index in [-0.39, 0.29) is 5.75 Å². The van der Waals surface area contributed by atoms with Crippen LogP contribution in [0.25, 0.3) is 0 Å². The van der Waals surface area contributed by atoms with E-state index in [9.17, 15) is 4.39 Å². The highest BCUT2D eigenvalue weighted by atomic mass is 19.1. The van der Waals surface area contributed by atoms with Crippen LogP contribution in [0.1, 0.15) is 13.3 Å². The summed E-state index contributed by atoms with van der Waals surface area (Å²) in [5, 5.41) is 17.1. The van der Waals surface area contributed by atoms with E-state index >= 15 is 0 Å². The average Bonchev–Trinajstić information content (AvgIpc) is 2.32. The smallest absolute Gasteiger partial charge is 0.510 e. The minimum atomic E-state index is -2.05. The van der Waals surface area contributed by atoms with Crippen molar-refractivity contribution in [2.75, 3.05) is 19.8 Å². The topological polar surface area (TPSA) is 68.2 Å². The molecule has 0 spiro atoms. The molecule has 0 saturated carbocycles. The number of benzene rings is 1. The van der Waals surface area contributed by atoms with Crippen molar-refractivity contribution in [2.45, 2.75) is 13.3 Å². The monoisotopic (exact) mass is 258 g/mol. The quantitative estimate of drug-likeness (QED) is 0.537. The highest BCUT2D eigenvalue weighted by Gasteiger charge is 2.14. The molecule has 0 fully saturated rings. The van der Waals surface area contributed by atoms with Crippen LogP contribution >= 0.6 is 0 Å². The number of halogens is 1. The van der Waals surface area contributed by atoms with Gasteiger partial charge in [0.05, 0.1) is 6.61 Å². The Kier molecular flexibility index (Phi) is 6.49. The van der Waals surface area contributed by atoms with Crippen LogP contribution in [0.2, 0.25) is 0 Å². The van der Waals surface area contributed by atoms with E-state index in [1.807, 2.05) is 6.92 Å². The van der Waals surface area contributed by atoms with Gasteiger partial charge in [-0.05, 0) is 18.6 Å². The van der Waals surface area contributed by atoms with E-state index in [1.54, 1.807) is 0 Å². The standard InChI is InChI=1S/C11H16BFO5/c1-2-5-16-6-7-17-9-3-4-11(10(13)8-9)18-12(14)15/h3-4,8,14-15H,2,5-7H2,1H3. The molecular weight excluding hydrogens is 242 g/mol. The zero-order valence-electron chi connectivity index (χ0n) is 10.1. The molecule has 0 aromatic heterocycles. The molecule has 0 amide bonds. The molecule has 0 unspecified atom stereocenters. The Morgan fingerprint density at radius 2 is 2.00 bits per heavy atom. The minimum absolute atomic E-state index is 0.250. The molecule has 0 aliphatic heterocycles. The maximum atomic E-state index is 13.4. The van der Waals surface area contributed by atoms with Gasteiger partial charge in [0.2, 0.25) is 0 Å². The molecule has 0 bridgehead atoms. The molecule has 0 atom stereocenters. The second kappa shape index (κ2) is 7.91. The molecule has 5 nitrogen and oxygen atoms in total. The molecule has 0 aliphatic carbocycles. The Hall–Kier alpha value is -1.31. The molecule has 0 saturated heterocycles. The van der Waals surface area contributed by atoms with Gasteiger partial charge < -0.3 is 24.2 Å². The Labute approximate surface area is 105 Å². The second-order valence-corrected chi connectivity index (χ2v) is 3.50. The summed E-state index contributed by atoms with van der Waals surface area (Å²) in [6.07, 6.45) is 0.935. The van der Waals surface area contributed by atoms with Gasteiger partial charge in [-0.3, -0.25) is 0 Å². The van der Waals surface area contributed by atoms with Gasteiger partial charge in [-0.15, -0.1) is 0 Å². The first-order chi connectivity index (χ1) is 8.63. The van der Waals surface area contributed by atoms with Crippen molar-refractivity contribution in [3.63, 3.8) is 0 Å². The van der Waals surface area contributed by atoms with Crippen LogP contribution in [0.4, 0.5) is 4.39 Å². The maximum absolute atomic E-state index is 13.4. The van der Waals surface area contributed by atoms with Crippen LogP contribution in [0, 0.1) is 5.82 Å². The highest BCUT2D eigenvalue weighted by Crippen LogP contribution is 2.22. The van der Waals surface area contributed by atoms with Gasteiger partial charge in [0.25, 0.3) is 0 Å². The summed E-state index contributed by atoms with van der Waals surface area (Å²) in [6, 6.07) is 3.84. The normalized spacial score (nSPS) is 10.2. The van der Waals surface area contributed by atoms with E-state index in [4.69, 9.17) is 19.5 Å². The van der Waals surface area contributed by atoms with Crippen LogP contribution in [0.15, 0.2) is 18.2 Å². The van der Waals surface area contributed by atoms with E-state index < -0.39 is 13.1 Å². The molecule has 100 valence electrons. The van der Waals surface area contributed by atoms with Gasteiger partial charge in [-0.2, -0.15) is 0 Å². The Bertz CT molecular complexity index is 361. The second-order valence-electron chi connectivity index (χ2n) is 3.50. The first kappa shape index (κ1) is 14.8. The van der Waals surface area contributed by atoms with Crippen molar-refractivity contribution in [3.05, 3.63) is 24.0 Å². The van der Waals surface area contributed by atoms with E-state index in [1.165, 1.54) is 12.1 Å². The third-order valence-corrected chi connectivity index (χ3v) is 1.98. The van der Waals surface area contributed by atoms with E-state index in [0.29, 0.717) is 25.6 Å². The molecule has 1 aromatic rings. The Balaban J connectivity index is 2.41. The number of hydrogen-bond donors (Lipinski definition) is 2. The van der Waals surface area contributed by atoms with Crippen LogP contribution in [0.5, 0.6) is 11.5 Å². The number of ether oxygens (including phenoxy) is 2. The van der Waals surface area contributed by atoms with Gasteiger partial charge in [0.1, 0.15) is 18.1 Å². The highest BCUT2D eigenvalue weighted by molar-refractivity contribution is 6.33. The summed E-state index contributed by atoms with van der Waals surface area (Å²) < 4.78 is 28.2. The Morgan fingerprint density at radius 1 is 1.22 bits per heavy atom. The lowest BCUT2D eigenvalue weighted by atomic mass is 10.2. The van der Waals surface area contributed by atoms with Gasteiger partial charge in [-0.1, -0.05) is 6.92 Å². The molecule has 18 heavy (non-hydrogen) atoms. The maximum Gasteiger partial charge on any atom is 0.707 e. The zero-order chi connectivity index (χ0) is 13.4. The predicted octanol–water partition coefficient (Wildman–Crippen LogP) is 0.979. The van der Waals surface area contributed by atoms with Crippen LogP contribution in [-0.4, -0.2) is 37.2 Å². The summed E-state index contributed by atoms with van der Waals surface area (Å²) in [6.45, 7) is 3.43. The first-order valence-corrected chi connectivity index (χ1v) is 5.66. The largest absolute Gasteiger partial charge is 0.707 e. The molecule has 1 aromatic carbocycles. The molecular formula is C11H16BFO5. The van der Waals surface area contributed by atoms with Gasteiger partial charge in [0, 0.05) is 12.7 Å². The molecule has 0 heterocycles. The molecule has 7 heteroatoms. The van der Waals surface area contributed by atoms with Gasteiger partial charge in [0.15, 0.2) is 5.82 Å². The summed E-state index contributed by atoms with van der Waals surface area (Å²) in [4.78, 5) is 0. The lowest BCUT2D eigenvalue weighted by molar-refractivity contribution is 0.100. The van der Waals surface area contributed by atoms with Crippen molar-refractivity contribution in [1.29, 1.82) is 0 Å². The minimum Gasteiger partial charge on any atom is -0.510 e. The molecule has 0 radical (unpaired) electrons. The fourth-order valence-corrected chi connectivity index (χ4v) is 1.25. The fourth-order valence-electron chi connectivity index (χ4n) is 1.25. The molecule has 0 aliphatic rings. The van der Waals surface area contributed by atoms with E-state index in [2.05, 4.69) is 4.65 Å². The summed E-state index contributed by atoms with van der Waals surface area (Å²) in [7, 11) is -2.05. The third-order valence-electron chi connectivity index (χ3n) is 1.98. The van der Waals surface area contributed by atoms with Crippen LogP contribution in [-0.2, 0) is 4.74 Å². The van der Waals surface area contributed by atoms with Crippen molar-refractivity contribution in [1.82, 2.24) is 0 Å². The molecule has 1 rings (SSSR count). The van der Waals surface area contributed by atoms with Crippen molar-refractivity contribution < 1.29 is 28.6 Å². The summed E-state index contributed by atoms with van der Waals surface area (Å²) in [5.41, 5.74) is 0. The SMILES string of the molecule is CCCOCCOc1ccc(OB(O)O)c(F)c1. The van der Waals surface area contributed by atoms with Crippen molar-refractivity contribution >= 4 is 7.32 Å². The van der Waals surface area contributed by atoms with Crippen LogP contribution in [0.3, 0.4) is 0 Å². The number of rotatable bonds is 8. The molecule has 2 N–H and O–H groups in total. The van der Waals surface area contributed by atoms with Crippen molar-refractivity contribution in [3.8, 4) is 11.5 Å². The lowest BCUT2D eigenvalue weighted by Crippen LogP contribution is -2.21. The Morgan fingerprint density at radius 3 is 2.61 bits per heavy atom. The van der Waals surface area contributed by atoms with Crippen LogP contribution < -0.4 is 9.39 Å². The lowest BCUT2D eigenvalue weighted by Gasteiger charge is -2.09. The number of hydrogen-bond acceptors (Lipinski definition) is 5. The average molecular weight is 258 g/mol. The summed E-state index contributed by atoms with van der Waals surface area (Å²) >= 11 is 0. The first-order valence-electron chi connectivity index (χ1n) is 5.66.